The van der Waals surface area contributed by atoms with Gasteiger partial charge in [-0.15, -0.1) is 0 Å². The van der Waals surface area contributed by atoms with Crippen molar-refractivity contribution in [1.29, 1.82) is 0 Å². The molecule has 0 aliphatic heterocycles. The zero-order valence-electron chi connectivity index (χ0n) is 12.5. The van der Waals surface area contributed by atoms with Gasteiger partial charge in [0.2, 0.25) is 0 Å². The lowest BCUT2D eigenvalue weighted by Crippen LogP contribution is -2.35. The molecule has 1 saturated carbocycles. The van der Waals surface area contributed by atoms with Crippen molar-refractivity contribution in [1.82, 2.24) is 10.3 Å². The third kappa shape index (κ3) is 3.03. The molecule has 1 aromatic carbocycles. The van der Waals surface area contributed by atoms with E-state index in [1.807, 2.05) is 30.3 Å². The molecule has 1 fully saturated rings. The van der Waals surface area contributed by atoms with E-state index in [0.717, 1.165) is 24.2 Å². The number of aromatic nitrogens is 1. The Morgan fingerprint density at radius 2 is 2.00 bits per heavy atom. The summed E-state index contributed by atoms with van der Waals surface area (Å²) in [6.07, 6.45) is 3.75. The van der Waals surface area contributed by atoms with Crippen molar-refractivity contribution < 1.29 is 9.53 Å². The predicted octanol–water partition coefficient (Wildman–Crippen LogP) is 2.94. The summed E-state index contributed by atoms with van der Waals surface area (Å²) >= 11 is 0. The standard InChI is InChI=1S/C17H19N3O2/c1-22-14-7-3-2-6-13(14)17(9-10-17)12-19-16(21)20-15-8-4-5-11-18-15/h2-8,11H,9-10,12H2,1H3,(H2,18,19,20,21). The second-order valence-corrected chi connectivity index (χ2v) is 5.50. The van der Waals surface area contributed by atoms with Crippen LogP contribution in [-0.2, 0) is 5.41 Å². The Balaban J connectivity index is 1.62. The van der Waals surface area contributed by atoms with Crippen molar-refractivity contribution in [2.24, 2.45) is 0 Å². The summed E-state index contributed by atoms with van der Waals surface area (Å²) in [7, 11) is 1.68. The average Bonchev–Trinajstić information content (AvgIpc) is 3.35. The number of carbonyl (C=O) groups excluding carboxylic acids is 1. The summed E-state index contributed by atoms with van der Waals surface area (Å²) < 4.78 is 5.44. The summed E-state index contributed by atoms with van der Waals surface area (Å²) in [4.78, 5) is 16.1. The molecular formula is C17H19N3O2. The highest BCUT2D eigenvalue weighted by atomic mass is 16.5. The Kier molecular flexibility index (Phi) is 3.96. The van der Waals surface area contributed by atoms with Crippen molar-refractivity contribution in [2.75, 3.05) is 19.0 Å². The van der Waals surface area contributed by atoms with Gasteiger partial charge in [-0.3, -0.25) is 5.32 Å². The number of para-hydroxylation sites is 1. The van der Waals surface area contributed by atoms with Gasteiger partial charge in [0.05, 0.1) is 7.11 Å². The molecule has 22 heavy (non-hydrogen) atoms. The molecule has 3 rings (SSSR count). The largest absolute Gasteiger partial charge is 0.496 e. The summed E-state index contributed by atoms with van der Waals surface area (Å²) in [6, 6.07) is 13.2. The molecule has 0 unspecified atom stereocenters. The smallest absolute Gasteiger partial charge is 0.320 e. The maximum Gasteiger partial charge on any atom is 0.320 e. The summed E-state index contributed by atoms with van der Waals surface area (Å²) in [6.45, 7) is 0.589. The molecule has 0 spiro atoms. The first-order chi connectivity index (χ1) is 10.7. The van der Waals surface area contributed by atoms with Gasteiger partial charge in [-0.2, -0.15) is 0 Å². The van der Waals surface area contributed by atoms with E-state index in [9.17, 15) is 4.79 Å². The predicted molar refractivity (Wildman–Crippen MR) is 85.2 cm³/mol. The first kappa shape index (κ1) is 14.4. The van der Waals surface area contributed by atoms with Crippen LogP contribution >= 0.6 is 0 Å². The Labute approximate surface area is 129 Å². The monoisotopic (exact) mass is 297 g/mol. The normalized spacial score (nSPS) is 15.0. The number of rotatable bonds is 5. The average molecular weight is 297 g/mol. The molecule has 5 heteroatoms. The van der Waals surface area contributed by atoms with Crippen molar-refractivity contribution >= 4 is 11.8 Å². The van der Waals surface area contributed by atoms with Gasteiger partial charge in [0.15, 0.2) is 0 Å². The van der Waals surface area contributed by atoms with Gasteiger partial charge in [-0.25, -0.2) is 9.78 Å². The van der Waals surface area contributed by atoms with Gasteiger partial charge in [0.1, 0.15) is 11.6 Å². The van der Waals surface area contributed by atoms with Crippen LogP contribution in [0.15, 0.2) is 48.7 Å². The first-order valence-corrected chi connectivity index (χ1v) is 7.33. The zero-order valence-corrected chi connectivity index (χ0v) is 12.5. The van der Waals surface area contributed by atoms with E-state index in [2.05, 4.69) is 21.7 Å². The Morgan fingerprint density at radius 3 is 2.68 bits per heavy atom. The number of pyridine rings is 1. The first-order valence-electron chi connectivity index (χ1n) is 7.33. The quantitative estimate of drug-likeness (QED) is 0.892. The molecule has 2 N–H and O–H groups in total. The third-order valence-electron chi connectivity index (χ3n) is 4.03. The van der Waals surface area contributed by atoms with E-state index in [1.165, 1.54) is 0 Å². The molecule has 5 nitrogen and oxygen atoms in total. The highest BCUT2D eigenvalue weighted by molar-refractivity contribution is 5.88. The molecule has 0 atom stereocenters. The fourth-order valence-corrected chi connectivity index (χ4v) is 2.62. The lowest BCUT2D eigenvalue weighted by Gasteiger charge is -2.19. The van der Waals surface area contributed by atoms with Crippen LogP contribution in [0, 0.1) is 0 Å². The molecule has 114 valence electrons. The Morgan fingerprint density at radius 1 is 1.23 bits per heavy atom. The molecular weight excluding hydrogens is 278 g/mol. The molecule has 1 heterocycles. The number of ether oxygens (including phenoxy) is 1. The number of anilines is 1. The molecule has 1 aliphatic carbocycles. The number of carbonyl (C=O) groups is 1. The number of urea groups is 1. The van der Waals surface area contributed by atoms with E-state index in [4.69, 9.17) is 4.74 Å². The molecule has 1 aromatic heterocycles. The number of hydrogen-bond donors (Lipinski definition) is 2. The number of hydrogen-bond acceptors (Lipinski definition) is 3. The fourth-order valence-electron chi connectivity index (χ4n) is 2.62. The lowest BCUT2D eigenvalue weighted by atomic mass is 9.95. The van der Waals surface area contributed by atoms with Crippen LogP contribution in [0.3, 0.4) is 0 Å². The number of benzene rings is 1. The van der Waals surface area contributed by atoms with Crippen LogP contribution < -0.4 is 15.4 Å². The van der Waals surface area contributed by atoms with E-state index < -0.39 is 0 Å². The van der Waals surface area contributed by atoms with Crippen LogP contribution in [0.5, 0.6) is 5.75 Å². The fraction of sp³-hybridized carbons (Fsp3) is 0.294. The SMILES string of the molecule is COc1ccccc1C1(CNC(=O)Nc2ccccn2)CC1. The van der Waals surface area contributed by atoms with E-state index >= 15 is 0 Å². The van der Waals surface area contributed by atoms with Gasteiger partial charge in [0.25, 0.3) is 0 Å². The molecule has 0 bridgehead atoms. The molecule has 0 radical (unpaired) electrons. The number of nitrogens with one attached hydrogen (secondary N) is 2. The van der Waals surface area contributed by atoms with Crippen molar-refractivity contribution in [2.45, 2.75) is 18.3 Å². The molecule has 0 saturated heterocycles. The van der Waals surface area contributed by atoms with Crippen LogP contribution in [0.1, 0.15) is 18.4 Å². The third-order valence-corrected chi connectivity index (χ3v) is 4.03. The van der Waals surface area contributed by atoms with Crippen LogP contribution in [0.25, 0.3) is 0 Å². The number of nitrogens with zero attached hydrogens (tertiary/aromatic N) is 1. The highest BCUT2D eigenvalue weighted by Crippen LogP contribution is 2.50. The van der Waals surface area contributed by atoms with Gasteiger partial charge in [-0.05, 0) is 31.0 Å². The Hall–Kier alpha value is -2.56. The maximum absolute atomic E-state index is 12.0. The minimum atomic E-state index is -0.236. The van der Waals surface area contributed by atoms with Crippen LogP contribution in [0.2, 0.25) is 0 Å². The van der Waals surface area contributed by atoms with Crippen molar-refractivity contribution in [3.8, 4) is 5.75 Å². The number of methoxy groups -OCH3 is 1. The zero-order chi connectivity index (χ0) is 15.4. The van der Waals surface area contributed by atoms with E-state index in [1.54, 1.807) is 19.4 Å². The van der Waals surface area contributed by atoms with Gasteiger partial charge < -0.3 is 10.1 Å². The minimum absolute atomic E-state index is 0.00589. The highest BCUT2D eigenvalue weighted by Gasteiger charge is 2.46. The second-order valence-electron chi connectivity index (χ2n) is 5.50. The molecule has 2 amide bonds. The van der Waals surface area contributed by atoms with Crippen LogP contribution in [0.4, 0.5) is 10.6 Å². The molecule has 1 aliphatic rings. The second kappa shape index (κ2) is 6.05. The van der Waals surface area contributed by atoms with Gasteiger partial charge in [0, 0.05) is 23.7 Å². The Bertz CT molecular complexity index is 654. The molecule has 2 aromatic rings. The maximum atomic E-state index is 12.0. The number of amides is 2. The van der Waals surface area contributed by atoms with Gasteiger partial charge >= 0.3 is 6.03 Å². The van der Waals surface area contributed by atoms with Crippen LogP contribution in [-0.4, -0.2) is 24.7 Å². The van der Waals surface area contributed by atoms with E-state index in [-0.39, 0.29) is 11.4 Å². The van der Waals surface area contributed by atoms with Gasteiger partial charge in [-0.1, -0.05) is 24.3 Å². The topological polar surface area (TPSA) is 63.2 Å². The van der Waals surface area contributed by atoms with E-state index in [0.29, 0.717) is 12.4 Å². The minimum Gasteiger partial charge on any atom is -0.496 e. The van der Waals surface area contributed by atoms with Crippen molar-refractivity contribution in [3.05, 3.63) is 54.2 Å². The summed E-state index contributed by atoms with van der Waals surface area (Å²) in [5.41, 5.74) is 1.16. The van der Waals surface area contributed by atoms with Crippen molar-refractivity contribution in [3.63, 3.8) is 0 Å². The lowest BCUT2D eigenvalue weighted by molar-refractivity contribution is 0.251. The summed E-state index contributed by atoms with van der Waals surface area (Å²) in [5, 5.41) is 5.67. The summed E-state index contributed by atoms with van der Waals surface area (Å²) in [5.74, 6) is 1.43.